The summed E-state index contributed by atoms with van der Waals surface area (Å²) in [6.45, 7) is 6.33. The molecule has 2 atom stereocenters. The molecule has 0 saturated carbocycles. The minimum Gasteiger partial charge on any atom is -0.481 e. The first-order chi connectivity index (χ1) is 9.61. The number of amides is 1. The van der Waals surface area contributed by atoms with Crippen LogP contribution in [0, 0.1) is 0 Å². The van der Waals surface area contributed by atoms with E-state index in [9.17, 15) is 4.79 Å². The van der Waals surface area contributed by atoms with Gasteiger partial charge in [0.05, 0.1) is 0 Å². The van der Waals surface area contributed by atoms with E-state index in [0.717, 1.165) is 25.4 Å². The molecule has 6 heteroatoms. The molecule has 4 nitrogen and oxygen atoms in total. The zero-order chi connectivity index (χ0) is 14.5. The molecule has 0 radical (unpaired) electrons. The Balaban J connectivity index is 0.00000220. The summed E-state index contributed by atoms with van der Waals surface area (Å²) in [7, 11) is 0. The predicted octanol–water partition coefficient (Wildman–Crippen LogP) is 2.42. The van der Waals surface area contributed by atoms with Crippen LogP contribution in [0.5, 0.6) is 5.75 Å². The van der Waals surface area contributed by atoms with Crippen LogP contribution in [-0.2, 0) is 4.79 Å². The number of rotatable bonds is 4. The van der Waals surface area contributed by atoms with Gasteiger partial charge in [0.25, 0.3) is 5.91 Å². The third-order valence-corrected chi connectivity index (χ3v) is 4.25. The maximum Gasteiger partial charge on any atom is 0.263 e. The minimum atomic E-state index is -0.448. The van der Waals surface area contributed by atoms with Crippen molar-refractivity contribution in [3.8, 4) is 5.75 Å². The number of piperazine rings is 1. The summed E-state index contributed by atoms with van der Waals surface area (Å²) in [6.07, 6.45) is 1.59. The van der Waals surface area contributed by atoms with Crippen LogP contribution in [0.3, 0.4) is 0 Å². The average molecular weight is 331 g/mol. The standard InChI is InChI=1S/C15H22N2O2S.ClH/c1-11-10-16-8-9-17(11)15(18)12(2)19-13-4-6-14(20-3)7-5-13;/h4-7,11-12,16H,8-10H2,1-3H3;1H. The summed E-state index contributed by atoms with van der Waals surface area (Å²) in [5, 5.41) is 3.28. The van der Waals surface area contributed by atoms with Crippen molar-refractivity contribution in [1.82, 2.24) is 10.2 Å². The molecule has 1 heterocycles. The lowest BCUT2D eigenvalue weighted by atomic mass is 10.2. The Hall–Kier alpha value is -0.910. The fourth-order valence-electron chi connectivity index (χ4n) is 2.31. The zero-order valence-electron chi connectivity index (χ0n) is 12.7. The Labute approximate surface area is 137 Å². The van der Waals surface area contributed by atoms with Crippen LogP contribution < -0.4 is 10.1 Å². The van der Waals surface area contributed by atoms with E-state index in [4.69, 9.17) is 4.74 Å². The van der Waals surface area contributed by atoms with Crippen molar-refractivity contribution in [1.29, 1.82) is 0 Å². The smallest absolute Gasteiger partial charge is 0.263 e. The lowest BCUT2D eigenvalue weighted by Crippen LogP contribution is -2.55. The second-order valence-electron chi connectivity index (χ2n) is 5.02. The molecule has 1 N–H and O–H groups in total. The molecule has 1 aromatic carbocycles. The average Bonchev–Trinajstić information content (AvgIpc) is 2.48. The fourth-order valence-corrected chi connectivity index (χ4v) is 2.72. The van der Waals surface area contributed by atoms with Gasteiger partial charge in [-0.15, -0.1) is 24.2 Å². The second-order valence-corrected chi connectivity index (χ2v) is 5.90. The highest BCUT2D eigenvalue weighted by molar-refractivity contribution is 7.98. The van der Waals surface area contributed by atoms with E-state index >= 15 is 0 Å². The molecule has 2 unspecified atom stereocenters. The Morgan fingerprint density at radius 3 is 2.67 bits per heavy atom. The molecule has 21 heavy (non-hydrogen) atoms. The third kappa shape index (κ3) is 4.80. The van der Waals surface area contributed by atoms with Crippen molar-refractivity contribution in [3.05, 3.63) is 24.3 Å². The van der Waals surface area contributed by atoms with E-state index in [1.807, 2.05) is 42.3 Å². The highest BCUT2D eigenvalue weighted by Crippen LogP contribution is 2.20. The van der Waals surface area contributed by atoms with E-state index < -0.39 is 6.10 Å². The molecule has 1 aliphatic heterocycles. The topological polar surface area (TPSA) is 41.6 Å². The molecular formula is C15H23ClN2O2S. The number of carbonyl (C=O) groups excluding carboxylic acids is 1. The van der Waals surface area contributed by atoms with E-state index in [1.54, 1.807) is 11.8 Å². The number of thioether (sulfide) groups is 1. The van der Waals surface area contributed by atoms with Crippen molar-refractivity contribution in [3.63, 3.8) is 0 Å². The van der Waals surface area contributed by atoms with Crippen molar-refractivity contribution in [2.75, 3.05) is 25.9 Å². The fraction of sp³-hybridized carbons (Fsp3) is 0.533. The first-order valence-corrected chi connectivity index (χ1v) is 8.16. The number of ether oxygens (including phenoxy) is 1. The normalized spacial score (nSPS) is 19.6. The molecule has 0 spiro atoms. The van der Waals surface area contributed by atoms with Gasteiger partial charge < -0.3 is 15.0 Å². The maximum atomic E-state index is 12.4. The summed E-state index contributed by atoms with van der Waals surface area (Å²) in [4.78, 5) is 15.5. The quantitative estimate of drug-likeness (QED) is 0.861. The van der Waals surface area contributed by atoms with Crippen molar-refractivity contribution in [2.45, 2.75) is 30.9 Å². The Kier molecular flexibility index (Phi) is 7.35. The van der Waals surface area contributed by atoms with E-state index in [0.29, 0.717) is 0 Å². The van der Waals surface area contributed by atoms with Crippen molar-refractivity contribution < 1.29 is 9.53 Å². The van der Waals surface area contributed by atoms with Gasteiger partial charge in [-0.3, -0.25) is 4.79 Å². The molecule has 0 aliphatic carbocycles. The largest absolute Gasteiger partial charge is 0.481 e. The van der Waals surface area contributed by atoms with Gasteiger partial charge in [0.15, 0.2) is 6.10 Å². The Morgan fingerprint density at radius 1 is 1.43 bits per heavy atom. The predicted molar refractivity (Wildman–Crippen MR) is 89.6 cm³/mol. The van der Waals surface area contributed by atoms with E-state index in [-0.39, 0.29) is 24.4 Å². The van der Waals surface area contributed by atoms with Gasteiger partial charge in [-0.25, -0.2) is 0 Å². The highest BCUT2D eigenvalue weighted by Gasteiger charge is 2.27. The zero-order valence-corrected chi connectivity index (χ0v) is 14.3. The molecule has 1 amide bonds. The monoisotopic (exact) mass is 330 g/mol. The maximum absolute atomic E-state index is 12.4. The van der Waals surface area contributed by atoms with Gasteiger partial charge in [0, 0.05) is 30.6 Å². The SMILES string of the molecule is CSc1ccc(OC(C)C(=O)N2CCNCC2C)cc1.Cl. The van der Waals surface area contributed by atoms with E-state index in [1.165, 1.54) is 4.90 Å². The van der Waals surface area contributed by atoms with Gasteiger partial charge in [-0.05, 0) is 44.4 Å². The summed E-state index contributed by atoms with van der Waals surface area (Å²) in [5.74, 6) is 0.805. The van der Waals surface area contributed by atoms with Crippen LogP contribution in [0.4, 0.5) is 0 Å². The van der Waals surface area contributed by atoms with E-state index in [2.05, 4.69) is 12.2 Å². The second kappa shape index (κ2) is 8.51. The molecule has 0 bridgehead atoms. The first kappa shape index (κ1) is 18.1. The van der Waals surface area contributed by atoms with Gasteiger partial charge >= 0.3 is 0 Å². The highest BCUT2D eigenvalue weighted by atomic mass is 35.5. The Bertz CT molecular complexity index is 455. The van der Waals surface area contributed by atoms with Gasteiger partial charge in [0.1, 0.15) is 5.75 Å². The number of hydrogen-bond donors (Lipinski definition) is 1. The summed E-state index contributed by atoms with van der Waals surface area (Å²) in [5.41, 5.74) is 0. The number of hydrogen-bond acceptors (Lipinski definition) is 4. The summed E-state index contributed by atoms with van der Waals surface area (Å²) < 4.78 is 5.76. The number of benzene rings is 1. The summed E-state index contributed by atoms with van der Waals surface area (Å²) >= 11 is 1.69. The third-order valence-electron chi connectivity index (χ3n) is 3.50. The number of carbonyl (C=O) groups is 1. The number of nitrogens with zero attached hydrogens (tertiary/aromatic N) is 1. The van der Waals surface area contributed by atoms with Crippen LogP contribution in [-0.4, -0.2) is 48.8 Å². The molecule has 1 aliphatic rings. The van der Waals surface area contributed by atoms with Gasteiger partial charge in [-0.1, -0.05) is 0 Å². The van der Waals surface area contributed by atoms with Gasteiger partial charge in [0.2, 0.25) is 0 Å². The van der Waals surface area contributed by atoms with Gasteiger partial charge in [-0.2, -0.15) is 0 Å². The molecule has 1 saturated heterocycles. The number of halogens is 1. The molecule has 118 valence electrons. The minimum absolute atomic E-state index is 0. The van der Waals surface area contributed by atoms with Crippen LogP contribution in [0.2, 0.25) is 0 Å². The molecule has 1 fully saturated rings. The summed E-state index contributed by atoms with van der Waals surface area (Å²) in [6, 6.07) is 8.06. The lowest BCUT2D eigenvalue weighted by Gasteiger charge is -2.35. The first-order valence-electron chi connectivity index (χ1n) is 6.93. The molecule has 0 aromatic heterocycles. The van der Waals surface area contributed by atoms with Crippen LogP contribution >= 0.6 is 24.2 Å². The van der Waals surface area contributed by atoms with Crippen molar-refractivity contribution in [2.24, 2.45) is 0 Å². The molecular weight excluding hydrogens is 308 g/mol. The lowest BCUT2D eigenvalue weighted by molar-refractivity contribution is -0.140. The Morgan fingerprint density at radius 2 is 2.10 bits per heavy atom. The molecule has 1 aromatic rings. The number of nitrogens with one attached hydrogen (secondary N) is 1. The van der Waals surface area contributed by atoms with Crippen LogP contribution in [0.25, 0.3) is 0 Å². The van der Waals surface area contributed by atoms with Crippen molar-refractivity contribution >= 4 is 30.1 Å². The van der Waals surface area contributed by atoms with Crippen LogP contribution in [0.15, 0.2) is 29.2 Å². The molecule has 2 rings (SSSR count). The van der Waals surface area contributed by atoms with Crippen LogP contribution in [0.1, 0.15) is 13.8 Å².